The predicted octanol–water partition coefficient (Wildman–Crippen LogP) is 3.79. The summed E-state index contributed by atoms with van der Waals surface area (Å²) in [6, 6.07) is 10.9. The highest BCUT2D eigenvalue weighted by molar-refractivity contribution is 7.16. The third-order valence-electron chi connectivity index (χ3n) is 3.92. The van der Waals surface area contributed by atoms with E-state index < -0.39 is 0 Å². The number of benzene rings is 1. The molecule has 2 aromatic heterocycles. The molecule has 1 amide bonds. The lowest BCUT2D eigenvalue weighted by molar-refractivity contribution is -0.131. The zero-order valence-electron chi connectivity index (χ0n) is 14.1. The van der Waals surface area contributed by atoms with E-state index in [0.29, 0.717) is 40.6 Å². The summed E-state index contributed by atoms with van der Waals surface area (Å²) < 4.78 is 0.698. The maximum Gasteiger partial charge on any atom is 0.258 e. The summed E-state index contributed by atoms with van der Waals surface area (Å²) in [7, 11) is 0. The Labute approximate surface area is 160 Å². The molecule has 0 aliphatic heterocycles. The SMILES string of the molecule is C=CCN(Cc1ccc(Cl)s1)C(=O)CCc1nc2ccccc2c(=O)[nH]1. The summed E-state index contributed by atoms with van der Waals surface area (Å²) in [4.78, 5) is 34.6. The number of aryl methyl sites for hydroxylation is 1. The fraction of sp³-hybridized carbons (Fsp3) is 0.211. The molecular weight excluding hydrogens is 370 g/mol. The van der Waals surface area contributed by atoms with Crippen molar-refractivity contribution in [2.45, 2.75) is 19.4 Å². The molecule has 0 fully saturated rings. The molecule has 3 rings (SSSR count). The van der Waals surface area contributed by atoms with E-state index in [4.69, 9.17) is 11.6 Å². The van der Waals surface area contributed by atoms with Crippen LogP contribution in [0.3, 0.4) is 0 Å². The Hall–Kier alpha value is -2.44. The van der Waals surface area contributed by atoms with E-state index in [1.165, 1.54) is 11.3 Å². The maximum atomic E-state index is 12.6. The van der Waals surface area contributed by atoms with Gasteiger partial charge in [0.15, 0.2) is 0 Å². The summed E-state index contributed by atoms with van der Waals surface area (Å²) in [6.07, 6.45) is 2.33. The van der Waals surface area contributed by atoms with Crippen molar-refractivity contribution >= 4 is 39.7 Å². The molecule has 0 saturated heterocycles. The lowest BCUT2D eigenvalue weighted by atomic mass is 10.2. The highest BCUT2D eigenvalue weighted by Crippen LogP contribution is 2.23. The minimum Gasteiger partial charge on any atom is -0.334 e. The van der Waals surface area contributed by atoms with Gasteiger partial charge in [-0.3, -0.25) is 9.59 Å². The van der Waals surface area contributed by atoms with Crippen molar-refractivity contribution in [3.05, 3.63) is 74.4 Å². The van der Waals surface area contributed by atoms with Crippen LogP contribution in [-0.4, -0.2) is 27.3 Å². The molecule has 134 valence electrons. The molecule has 5 nitrogen and oxygen atoms in total. The number of aromatic nitrogens is 2. The van der Waals surface area contributed by atoms with E-state index in [2.05, 4.69) is 16.5 Å². The molecule has 3 aromatic rings. The number of rotatable bonds is 7. The van der Waals surface area contributed by atoms with Crippen LogP contribution in [-0.2, 0) is 17.8 Å². The molecule has 1 aromatic carbocycles. The van der Waals surface area contributed by atoms with Gasteiger partial charge < -0.3 is 9.88 Å². The second kappa shape index (κ2) is 8.29. The smallest absolute Gasteiger partial charge is 0.258 e. The Bertz CT molecular complexity index is 996. The molecular formula is C19H18ClN3O2S. The van der Waals surface area contributed by atoms with Crippen LogP contribution in [0.2, 0.25) is 4.34 Å². The van der Waals surface area contributed by atoms with E-state index in [9.17, 15) is 9.59 Å². The number of amides is 1. The van der Waals surface area contributed by atoms with Gasteiger partial charge >= 0.3 is 0 Å². The van der Waals surface area contributed by atoms with Gasteiger partial charge in [0.2, 0.25) is 5.91 Å². The van der Waals surface area contributed by atoms with Crippen LogP contribution in [0.25, 0.3) is 10.9 Å². The number of carbonyl (C=O) groups excluding carboxylic acids is 1. The Morgan fingerprint density at radius 2 is 2.12 bits per heavy atom. The van der Waals surface area contributed by atoms with Gasteiger partial charge in [-0.1, -0.05) is 29.8 Å². The van der Waals surface area contributed by atoms with Gasteiger partial charge in [0.25, 0.3) is 5.56 Å². The monoisotopic (exact) mass is 387 g/mol. The van der Waals surface area contributed by atoms with Crippen molar-refractivity contribution in [3.63, 3.8) is 0 Å². The number of carbonyl (C=O) groups is 1. The quantitative estimate of drug-likeness (QED) is 0.627. The summed E-state index contributed by atoms with van der Waals surface area (Å²) in [5, 5.41) is 0.547. The zero-order valence-corrected chi connectivity index (χ0v) is 15.6. The topological polar surface area (TPSA) is 66.1 Å². The molecule has 2 heterocycles. The highest BCUT2D eigenvalue weighted by atomic mass is 35.5. The minimum absolute atomic E-state index is 0.0229. The molecule has 0 bridgehead atoms. The van der Waals surface area contributed by atoms with E-state index >= 15 is 0 Å². The van der Waals surface area contributed by atoms with Gasteiger partial charge in [0, 0.05) is 24.3 Å². The third kappa shape index (κ3) is 4.39. The highest BCUT2D eigenvalue weighted by Gasteiger charge is 2.15. The van der Waals surface area contributed by atoms with Crippen molar-refractivity contribution in [2.75, 3.05) is 6.54 Å². The van der Waals surface area contributed by atoms with E-state index in [0.717, 1.165) is 4.88 Å². The Morgan fingerprint density at radius 3 is 2.85 bits per heavy atom. The van der Waals surface area contributed by atoms with Gasteiger partial charge in [-0.2, -0.15) is 0 Å². The molecule has 0 radical (unpaired) electrons. The normalized spacial score (nSPS) is 10.8. The average molecular weight is 388 g/mol. The van der Waals surface area contributed by atoms with Crippen LogP contribution in [0.5, 0.6) is 0 Å². The second-order valence-electron chi connectivity index (χ2n) is 5.80. The molecule has 0 aliphatic carbocycles. The van der Waals surface area contributed by atoms with Crippen LogP contribution in [0.4, 0.5) is 0 Å². The number of aromatic amines is 1. The first kappa shape index (κ1) is 18.4. The van der Waals surface area contributed by atoms with Crippen LogP contribution < -0.4 is 5.56 Å². The molecule has 26 heavy (non-hydrogen) atoms. The molecule has 1 N–H and O–H groups in total. The number of halogens is 1. The number of fused-ring (bicyclic) bond motifs is 1. The predicted molar refractivity (Wildman–Crippen MR) is 106 cm³/mol. The summed E-state index contributed by atoms with van der Waals surface area (Å²) in [6.45, 7) is 4.66. The van der Waals surface area contributed by atoms with Crippen LogP contribution >= 0.6 is 22.9 Å². The van der Waals surface area contributed by atoms with Crippen LogP contribution in [0.15, 0.2) is 53.8 Å². The van der Waals surface area contributed by atoms with E-state index in [1.807, 2.05) is 18.2 Å². The van der Waals surface area contributed by atoms with Crippen molar-refractivity contribution in [1.82, 2.24) is 14.9 Å². The first-order chi connectivity index (χ1) is 12.6. The molecule has 7 heteroatoms. The van der Waals surface area contributed by atoms with Crippen molar-refractivity contribution in [2.24, 2.45) is 0 Å². The molecule has 0 saturated carbocycles. The molecule has 0 aliphatic rings. The van der Waals surface area contributed by atoms with Crippen molar-refractivity contribution in [3.8, 4) is 0 Å². The zero-order chi connectivity index (χ0) is 18.5. The summed E-state index contributed by atoms with van der Waals surface area (Å²) in [5.74, 6) is 0.491. The number of nitrogens with zero attached hydrogens (tertiary/aromatic N) is 2. The molecule has 0 atom stereocenters. The average Bonchev–Trinajstić information content (AvgIpc) is 3.04. The van der Waals surface area contributed by atoms with E-state index in [-0.39, 0.29) is 17.9 Å². The number of para-hydroxylation sites is 1. The minimum atomic E-state index is -0.186. The maximum absolute atomic E-state index is 12.6. The first-order valence-electron chi connectivity index (χ1n) is 8.17. The lowest BCUT2D eigenvalue weighted by Crippen LogP contribution is -2.30. The van der Waals surface area contributed by atoms with Crippen LogP contribution in [0.1, 0.15) is 17.1 Å². The number of H-pyrrole nitrogens is 1. The first-order valence-corrected chi connectivity index (χ1v) is 9.37. The fourth-order valence-corrected chi connectivity index (χ4v) is 3.78. The summed E-state index contributed by atoms with van der Waals surface area (Å²) >= 11 is 7.41. The van der Waals surface area contributed by atoms with Gasteiger partial charge in [-0.15, -0.1) is 17.9 Å². The van der Waals surface area contributed by atoms with Crippen molar-refractivity contribution in [1.29, 1.82) is 0 Å². The molecule has 0 unspecified atom stereocenters. The number of nitrogens with one attached hydrogen (secondary N) is 1. The van der Waals surface area contributed by atoms with Gasteiger partial charge in [0.05, 0.1) is 21.8 Å². The Balaban J connectivity index is 1.69. The van der Waals surface area contributed by atoms with E-state index in [1.54, 1.807) is 29.2 Å². The number of thiophene rings is 1. The third-order valence-corrected chi connectivity index (χ3v) is 5.13. The Kier molecular flexibility index (Phi) is 5.85. The fourth-order valence-electron chi connectivity index (χ4n) is 2.67. The van der Waals surface area contributed by atoms with Gasteiger partial charge in [0.1, 0.15) is 5.82 Å². The number of hydrogen-bond donors (Lipinski definition) is 1. The van der Waals surface area contributed by atoms with Gasteiger partial charge in [-0.25, -0.2) is 4.98 Å². The number of hydrogen-bond acceptors (Lipinski definition) is 4. The standard InChI is InChI=1S/C19H18ClN3O2S/c1-2-11-23(12-13-7-8-16(20)26-13)18(24)10-9-17-21-15-6-4-3-5-14(15)19(25)22-17/h2-8H,1,9-12H2,(H,21,22,25). The molecule has 0 spiro atoms. The van der Waals surface area contributed by atoms with Crippen LogP contribution in [0, 0.1) is 0 Å². The van der Waals surface area contributed by atoms with Crippen molar-refractivity contribution < 1.29 is 4.79 Å². The Morgan fingerprint density at radius 1 is 1.31 bits per heavy atom. The second-order valence-corrected chi connectivity index (χ2v) is 7.60. The lowest BCUT2D eigenvalue weighted by Gasteiger charge is -2.20. The summed E-state index contributed by atoms with van der Waals surface area (Å²) in [5.41, 5.74) is 0.448. The largest absolute Gasteiger partial charge is 0.334 e. The van der Waals surface area contributed by atoms with Gasteiger partial charge in [-0.05, 0) is 24.3 Å².